The van der Waals surface area contributed by atoms with Gasteiger partial charge in [0, 0.05) is 17.7 Å². The molecule has 6 nitrogen and oxygen atoms in total. The Morgan fingerprint density at radius 2 is 1.79 bits per heavy atom. The highest BCUT2D eigenvalue weighted by Crippen LogP contribution is 2.36. The minimum atomic E-state index is -0.414. The number of methoxy groups -OCH3 is 1. The molecule has 1 N–H and O–H groups in total. The van der Waals surface area contributed by atoms with Crippen molar-refractivity contribution in [1.82, 2.24) is 4.98 Å². The van der Waals surface area contributed by atoms with E-state index in [4.69, 9.17) is 14.2 Å². The lowest BCUT2D eigenvalue weighted by atomic mass is 9.80. The van der Waals surface area contributed by atoms with Crippen LogP contribution >= 0.6 is 0 Å². The Balaban J connectivity index is 1.62. The molecule has 0 radical (unpaired) electrons. The molecule has 0 amide bonds. The van der Waals surface area contributed by atoms with Gasteiger partial charge >= 0.3 is 5.97 Å². The van der Waals surface area contributed by atoms with Crippen LogP contribution in [0.1, 0.15) is 69.4 Å². The summed E-state index contributed by atoms with van der Waals surface area (Å²) in [5.41, 5.74) is 4.81. The molecule has 3 aromatic rings. The lowest BCUT2D eigenvalue weighted by molar-refractivity contribution is 0.0518. The molecule has 1 heterocycles. The van der Waals surface area contributed by atoms with Gasteiger partial charge in [0.15, 0.2) is 5.78 Å². The number of aryl methyl sites for hydroxylation is 1. The summed E-state index contributed by atoms with van der Waals surface area (Å²) in [4.78, 5) is 29.4. The van der Waals surface area contributed by atoms with Crippen molar-refractivity contribution >= 4 is 11.8 Å². The normalized spacial score (nSPS) is 15.0. The fraction of sp³-hybridized carbons (Fsp3) is 0.357. The first-order chi connectivity index (χ1) is 16.5. The number of nitrogens with one attached hydrogen (secondary N) is 1. The maximum atomic E-state index is 13.3. The van der Waals surface area contributed by atoms with E-state index >= 15 is 0 Å². The van der Waals surface area contributed by atoms with Crippen LogP contribution in [0.15, 0.2) is 48.5 Å². The van der Waals surface area contributed by atoms with Gasteiger partial charge in [0.2, 0.25) is 0 Å². The van der Waals surface area contributed by atoms with Gasteiger partial charge < -0.3 is 19.2 Å². The van der Waals surface area contributed by atoms with Gasteiger partial charge in [-0.3, -0.25) is 4.79 Å². The van der Waals surface area contributed by atoms with Crippen LogP contribution < -0.4 is 9.47 Å². The van der Waals surface area contributed by atoms with Crippen molar-refractivity contribution in [1.29, 1.82) is 0 Å². The number of carbonyl (C=O) groups excluding carboxylic acids is 2. The third-order valence-corrected chi connectivity index (χ3v) is 6.28. The third-order valence-electron chi connectivity index (χ3n) is 6.28. The zero-order valence-electron chi connectivity index (χ0n) is 20.0. The molecule has 1 aromatic heterocycles. The number of Topliss-reactive ketones (excluding diaryl/α,β-unsaturated/α-hetero) is 1. The predicted molar refractivity (Wildman–Crippen MR) is 130 cm³/mol. The molecule has 178 valence electrons. The molecule has 1 aliphatic rings. The zero-order chi connectivity index (χ0) is 24.1. The van der Waals surface area contributed by atoms with Crippen molar-refractivity contribution in [3.05, 3.63) is 82.2 Å². The SMILES string of the molecule is CCOC(=O)c1[nH]c2c(c1CCc1cccc(OC)c1)C(=O)C[C@@H](c1ccc(OCC)cc1)C2. The number of aromatic amines is 1. The molecular weight excluding hydrogens is 430 g/mol. The highest BCUT2D eigenvalue weighted by molar-refractivity contribution is 6.04. The molecule has 0 spiro atoms. The van der Waals surface area contributed by atoms with Crippen molar-refractivity contribution in [3.8, 4) is 11.5 Å². The largest absolute Gasteiger partial charge is 0.497 e. The molecule has 0 aliphatic heterocycles. The number of ether oxygens (including phenoxy) is 3. The average Bonchev–Trinajstić information content (AvgIpc) is 3.23. The Morgan fingerprint density at radius 1 is 1.00 bits per heavy atom. The highest BCUT2D eigenvalue weighted by atomic mass is 16.5. The lowest BCUT2D eigenvalue weighted by Crippen LogP contribution is -2.19. The number of hydrogen-bond donors (Lipinski definition) is 1. The van der Waals surface area contributed by atoms with Crippen molar-refractivity contribution < 1.29 is 23.8 Å². The molecule has 0 bridgehead atoms. The van der Waals surface area contributed by atoms with Crippen LogP contribution in [-0.2, 0) is 24.0 Å². The lowest BCUT2D eigenvalue weighted by Gasteiger charge is -2.22. The number of aromatic nitrogens is 1. The minimum Gasteiger partial charge on any atom is -0.497 e. The summed E-state index contributed by atoms with van der Waals surface area (Å²) in [5, 5.41) is 0. The van der Waals surface area contributed by atoms with Crippen LogP contribution in [0.4, 0.5) is 0 Å². The Hall–Kier alpha value is -3.54. The molecular formula is C28H31NO5. The molecule has 34 heavy (non-hydrogen) atoms. The Labute approximate surface area is 200 Å². The van der Waals surface area contributed by atoms with Gasteiger partial charge in [-0.1, -0.05) is 24.3 Å². The molecule has 0 saturated heterocycles. The molecule has 0 fully saturated rings. The highest BCUT2D eigenvalue weighted by Gasteiger charge is 2.33. The molecule has 0 saturated carbocycles. The maximum absolute atomic E-state index is 13.3. The summed E-state index contributed by atoms with van der Waals surface area (Å²) in [6.45, 7) is 4.63. The van der Waals surface area contributed by atoms with Gasteiger partial charge in [-0.05, 0) is 80.0 Å². The van der Waals surface area contributed by atoms with Crippen LogP contribution in [0.25, 0.3) is 0 Å². The standard InChI is InChI=1S/C28H31NO5/c1-4-33-21-12-10-19(11-13-21)20-16-24-26(25(30)17-20)23(27(29-24)28(31)34-5-2)14-9-18-7-6-8-22(15-18)32-3/h6-8,10-13,15,20,29H,4-5,9,14,16-17H2,1-3H3/t20-/m0/s1. The van der Waals surface area contributed by atoms with Crippen molar-refractivity contribution in [2.24, 2.45) is 0 Å². The third kappa shape index (κ3) is 5.01. The molecule has 1 atom stereocenters. The summed E-state index contributed by atoms with van der Waals surface area (Å²) < 4.78 is 16.2. The first-order valence-corrected chi connectivity index (χ1v) is 11.8. The summed E-state index contributed by atoms with van der Waals surface area (Å²) in [5.74, 6) is 1.30. The summed E-state index contributed by atoms with van der Waals surface area (Å²) in [6.07, 6.45) is 2.32. The summed E-state index contributed by atoms with van der Waals surface area (Å²) in [6, 6.07) is 15.8. The van der Waals surface area contributed by atoms with Gasteiger partial charge in [0.1, 0.15) is 17.2 Å². The fourth-order valence-electron chi connectivity index (χ4n) is 4.69. The van der Waals surface area contributed by atoms with E-state index in [2.05, 4.69) is 4.98 Å². The van der Waals surface area contributed by atoms with E-state index in [0.29, 0.717) is 43.5 Å². The van der Waals surface area contributed by atoms with E-state index in [-0.39, 0.29) is 18.3 Å². The van der Waals surface area contributed by atoms with Crippen LogP contribution in [0.3, 0.4) is 0 Å². The second kappa shape index (κ2) is 10.6. The Kier molecular flexibility index (Phi) is 7.36. The minimum absolute atomic E-state index is 0.0515. The second-order valence-corrected chi connectivity index (χ2v) is 8.43. The smallest absolute Gasteiger partial charge is 0.355 e. The topological polar surface area (TPSA) is 77.6 Å². The second-order valence-electron chi connectivity index (χ2n) is 8.43. The van der Waals surface area contributed by atoms with E-state index in [9.17, 15) is 9.59 Å². The van der Waals surface area contributed by atoms with Crippen molar-refractivity contribution in [2.75, 3.05) is 20.3 Å². The first-order valence-electron chi connectivity index (χ1n) is 11.8. The maximum Gasteiger partial charge on any atom is 0.355 e. The fourth-order valence-corrected chi connectivity index (χ4v) is 4.69. The monoisotopic (exact) mass is 461 g/mol. The Morgan fingerprint density at radius 3 is 2.50 bits per heavy atom. The van der Waals surface area contributed by atoms with Gasteiger partial charge in [-0.2, -0.15) is 0 Å². The number of fused-ring (bicyclic) bond motifs is 1. The molecule has 2 aromatic carbocycles. The number of hydrogen-bond acceptors (Lipinski definition) is 5. The molecule has 0 unspecified atom stereocenters. The first kappa shape index (κ1) is 23.6. The molecule has 1 aliphatic carbocycles. The van der Waals surface area contributed by atoms with E-state index in [1.807, 2.05) is 55.5 Å². The Bertz CT molecular complexity index is 1160. The van der Waals surface area contributed by atoms with Gasteiger partial charge in [-0.25, -0.2) is 4.79 Å². The molecule has 4 rings (SSSR count). The summed E-state index contributed by atoms with van der Waals surface area (Å²) >= 11 is 0. The number of rotatable bonds is 9. The van der Waals surface area contributed by atoms with E-state index in [1.165, 1.54) is 0 Å². The van der Waals surface area contributed by atoms with Crippen LogP contribution in [-0.4, -0.2) is 37.1 Å². The van der Waals surface area contributed by atoms with E-state index in [1.54, 1.807) is 14.0 Å². The average molecular weight is 462 g/mol. The number of carbonyl (C=O) groups is 2. The zero-order valence-corrected chi connectivity index (χ0v) is 20.0. The predicted octanol–water partition coefficient (Wildman–Crippen LogP) is 5.30. The number of benzene rings is 2. The van der Waals surface area contributed by atoms with Gasteiger partial charge in [-0.15, -0.1) is 0 Å². The number of H-pyrrole nitrogens is 1. The molecule has 6 heteroatoms. The van der Waals surface area contributed by atoms with Crippen LogP contribution in [0.5, 0.6) is 11.5 Å². The number of ketones is 1. The van der Waals surface area contributed by atoms with Crippen LogP contribution in [0.2, 0.25) is 0 Å². The van der Waals surface area contributed by atoms with Gasteiger partial charge in [0.25, 0.3) is 0 Å². The van der Waals surface area contributed by atoms with Gasteiger partial charge in [0.05, 0.1) is 20.3 Å². The van der Waals surface area contributed by atoms with Crippen molar-refractivity contribution in [2.45, 2.75) is 45.4 Å². The summed E-state index contributed by atoms with van der Waals surface area (Å²) in [7, 11) is 1.64. The van der Waals surface area contributed by atoms with E-state index in [0.717, 1.165) is 33.9 Å². The number of esters is 1. The van der Waals surface area contributed by atoms with E-state index < -0.39 is 5.97 Å². The van der Waals surface area contributed by atoms with Crippen molar-refractivity contribution in [3.63, 3.8) is 0 Å². The quantitative estimate of drug-likeness (QED) is 0.438. The van der Waals surface area contributed by atoms with Crippen LogP contribution in [0, 0.1) is 0 Å².